The highest BCUT2D eigenvalue weighted by atomic mass is 32.1. The molecule has 0 aliphatic heterocycles. The number of carbonyl (C=O) groups is 2. The van der Waals surface area contributed by atoms with Gasteiger partial charge in [0.1, 0.15) is 0 Å². The van der Waals surface area contributed by atoms with E-state index in [9.17, 15) is 9.59 Å². The zero-order chi connectivity index (χ0) is 13.7. The minimum Gasteiger partial charge on any atom is -0.478 e. The molecule has 0 saturated carbocycles. The van der Waals surface area contributed by atoms with Gasteiger partial charge in [0.15, 0.2) is 0 Å². The monoisotopic (exact) mass is 294 g/mol. The third kappa shape index (κ3) is 3.73. The minimum absolute atomic E-state index is 0.229. The summed E-state index contributed by atoms with van der Waals surface area (Å²) in [7, 11) is 0. The number of nitrogens with one attached hydrogen (secondary N) is 1. The van der Waals surface area contributed by atoms with Crippen LogP contribution in [0.4, 0.5) is 0 Å². The number of thiophene rings is 1. The largest absolute Gasteiger partial charge is 0.478 e. The van der Waals surface area contributed by atoms with Gasteiger partial charge < -0.3 is 10.4 Å². The van der Waals surface area contributed by atoms with E-state index in [-0.39, 0.29) is 5.91 Å². The highest BCUT2D eigenvalue weighted by Gasteiger charge is 2.11. The van der Waals surface area contributed by atoms with E-state index in [1.54, 1.807) is 17.0 Å². The van der Waals surface area contributed by atoms with E-state index in [4.69, 9.17) is 5.11 Å². The zero-order valence-electron chi connectivity index (χ0n) is 9.70. The summed E-state index contributed by atoms with van der Waals surface area (Å²) in [6, 6.07) is 1.71. The molecule has 2 heterocycles. The maximum Gasteiger partial charge on any atom is 0.328 e. The van der Waals surface area contributed by atoms with Gasteiger partial charge in [0.05, 0.1) is 22.6 Å². The lowest BCUT2D eigenvalue weighted by Gasteiger charge is -2.02. The number of thiazole rings is 1. The van der Waals surface area contributed by atoms with Crippen molar-refractivity contribution in [2.45, 2.75) is 6.54 Å². The van der Waals surface area contributed by atoms with Crippen LogP contribution in [0.3, 0.4) is 0 Å². The maximum atomic E-state index is 12.0. The fraction of sp³-hybridized carbons (Fsp3) is 0.0833. The molecule has 0 aromatic carbocycles. The summed E-state index contributed by atoms with van der Waals surface area (Å²) in [4.78, 5) is 27.0. The van der Waals surface area contributed by atoms with E-state index >= 15 is 0 Å². The number of carbonyl (C=O) groups excluding carboxylic acids is 1. The highest BCUT2D eigenvalue weighted by molar-refractivity contribution is 7.12. The number of carboxylic acids is 1. The number of amides is 1. The number of rotatable bonds is 5. The molecule has 0 unspecified atom stereocenters. The third-order valence-corrected chi connectivity index (χ3v) is 3.79. The fourth-order valence-corrected chi connectivity index (χ4v) is 2.73. The van der Waals surface area contributed by atoms with E-state index < -0.39 is 5.97 Å². The van der Waals surface area contributed by atoms with Crippen molar-refractivity contribution in [3.05, 3.63) is 44.5 Å². The van der Waals surface area contributed by atoms with Gasteiger partial charge >= 0.3 is 5.97 Å². The summed E-state index contributed by atoms with van der Waals surface area (Å²) in [6.07, 6.45) is 2.43. The molecule has 0 bridgehead atoms. The second-order valence-corrected chi connectivity index (χ2v) is 5.17. The van der Waals surface area contributed by atoms with Crippen LogP contribution in [0.5, 0.6) is 0 Å². The molecule has 2 aromatic rings. The molecule has 0 aliphatic carbocycles. The van der Waals surface area contributed by atoms with Crippen LogP contribution in [0.2, 0.25) is 0 Å². The molecule has 0 spiro atoms. The Morgan fingerprint density at radius 1 is 1.47 bits per heavy atom. The molecule has 7 heteroatoms. The number of hydrogen-bond donors (Lipinski definition) is 2. The number of nitrogens with zero attached hydrogens (tertiary/aromatic N) is 1. The Morgan fingerprint density at radius 2 is 2.32 bits per heavy atom. The van der Waals surface area contributed by atoms with E-state index in [1.807, 2.05) is 5.38 Å². The van der Waals surface area contributed by atoms with Gasteiger partial charge in [0, 0.05) is 11.5 Å². The lowest BCUT2D eigenvalue weighted by molar-refractivity contribution is -0.131. The maximum absolute atomic E-state index is 12.0. The van der Waals surface area contributed by atoms with Crippen molar-refractivity contribution < 1.29 is 14.7 Å². The lowest BCUT2D eigenvalue weighted by Crippen LogP contribution is -2.22. The summed E-state index contributed by atoms with van der Waals surface area (Å²) in [5, 5.41) is 14.9. The van der Waals surface area contributed by atoms with Crippen LogP contribution in [0.25, 0.3) is 6.08 Å². The Kier molecular flexibility index (Phi) is 4.43. The van der Waals surface area contributed by atoms with Crippen molar-refractivity contribution in [1.82, 2.24) is 10.3 Å². The Bertz CT molecular complexity index is 602. The predicted octanol–water partition coefficient (Wildman–Crippen LogP) is 2.23. The first-order valence-electron chi connectivity index (χ1n) is 5.30. The quantitative estimate of drug-likeness (QED) is 0.829. The van der Waals surface area contributed by atoms with Crippen molar-refractivity contribution in [3.8, 4) is 0 Å². The van der Waals surface area contributed by atoms with Crippen molar-refractivity contribution in [1.29, 1.82) is 0 Å². The molecule has 0 atom stereocenters. The molecule has 2 rings (SSSR count). The Labute approximate surface area is 117 Å². The number of hydrogen-bond acceptors (Lipinski definition) is 5. The molecule has 0 radical (unpaired) electrons. The van der Waals surface area contributed by atoms with E-state index in [1.165, 1.54) is 28.7 Å². The van der Waals surface area contributed by atoms with E-state index in [0.717, 1.165) is 11.8 Å². The smallest absolute Gasteiger partial charge is 0.328 e. The SMILES string of the molecule is O=C(O)/C=C/c1ccsc1C(=O)NCc1cscn1. The van der Waals surface area contributed by atoms with Crippen LogP contribution in [0, 0.1) is 0 Å². The minimum atomic E-state index is -1.04. The van der Waals surface area contributed by atoms with Crippen molar-refractivity contribution in [3.63, 3.8) is 0 Å². The Hall–Kier alpha value is -1.99. The lowest BCUT2D eigenvalue weighted by atomic mass is 10.2. The molecule has 0 saturated heterocycles. The Morgan fingerprint density at radius 3 is 3.00 bits per heavy atom. The fourth-order valence-electron chi connectivity index (χ4n) is 1.37. The summed E-state index contributed by atoms with van der Waals surface area (Å²) in [6.45, 7) is 0.363. The molecular weight excluding hydrogens is 284 g/mol. The number of carboxylic acid groups (broad SMARTS) is 1. The summed E-state index contributed by atoms with van der Waals surface area (Å²) in [5.74, 6) is -1.27. The van der Waals surface area contributed by atoms with Gasteiger partial charge in [-0.3, -0.25) is 4.79 Å². The molecule has 0 fully saturated rings. The summed E-state index contributed by atoms with van der Waals surface area (Å²) < 4.78 is 0. The molecule has 2 N–H and O–H groups in total. The van der Waals surface area contributed by atoms with Gasteiger partial charge in [0.2, 0.25) is 0 Å². The first-order chi connectivity index (χ1) is 9.16. The molecule has 1 amide bonds. The van der Waals surface area contributed by atoms with Crippen molar-refractivity contribution in [2.75, 3.05) is 0 Å². The third-order valence-electron chi connectivity index (χ3n) is 2.22. The van der Waals surface area contributed by atoms with Crippen LogP contribution in [-0.2, 0) is 11.3 Å². The van der Waals surface area contributed by atoms with Gasteiger partial charge in [-0.1, -0.05) is 0 Å². The second kappa shape index (κ2) is 6.26. The molecule has 5 nitrogen and oxygen atoms in total. The van der Waals surface area contributed by atoms with Crippen LogP contribution in [-0.4, -0.2) is 22.0 Å². The standard InChI is InChI=1S/C12H10N2O3S2/c15-10(16)2-1-8-3-4-19-11(8)12(17)13-5-9-6-18-7-14-9/h1-4,6-7H,5H2,(H,13,17)(H,15,16)/b2-1+. The van der Waals surface area contributed by atoms with E-state index in [2.05, 4.69) is 10.3 Å². The van der Waals surface area contributed by atoms with Gasteiger partial charge in [-0.2, -0.15) is 0 Å². The molecule has 98 valence electrons. The summed E-state index contributed by atoms with van der Waals surface area (Å²) >= 11 is 2.74. The molecule has 19 heavy (non-hydrogen) atoms. The molecule has 0 aliphatic rings. The average Bonchev–Trinajstić information content (AvgIpc) is 3.04. The van der Waals surface area contributed by atoms with Gasteiger partial charge in [-0.05, 0) is 23.1 Å². The highest BCUT2D eigenvalue weighted by Crippen LogP contribution is 2.18. The van der Waals surface area contributed by atoms with Gasteiger partial charge in [-0.25, -0.2) is 9.78 Å². The van der Waals surface area contributed by atoms with Crippen LogP contribution < -0.4 is 5.32 Å². The number of aliphatic carboxylic acids is 1. The molecular formula is C12H10N2O3S2. The first kappa shape index (κ1) is 13.4. The topological polar surface area (TPSA) is 79.3 Å². The number of aromatic nitrogens is 1. The van der Waals surface area contributed by atoms with Crippen LogP contribution in [0.1, 0.15) is 20.9 Å². The Balaban J connectivity index is 2.03. The van der Waals surface area contributed by atoms with Crippen molar-refractivity contribution >= 4 is 40.6 Å². The zero-order valence-corrected chi connectivity index (χ0v) is 11.3. The average molecular weight is 294 g/mol. The van der Waals surface area contributed by atoms with Gasteiger partial charge in [-0.15, -0.1) is 22.7 Å². The van der Waals surface area contributed by atoms with Crippen molar-refractivity contribution in [2.24, 2.45) is 0 Å². The molecule has 2 aromatic heterocycles. The van der Waals surface area contributed by atoms with E-state index in [0.29, 0.717) is 17.0 Å². The predicted molar refractivity (Wildman–Crippen MR) is 74.3 cm³/mol. The summed E-state index contributed by atoms with van der Waals surface area (Å²) in [5.41, 5.74) is 3.11. The second-order valence-electron chi connectivity index (χ2n) is 3.54. The van der Waals surface area contributed by atoms with Gasteiger partial charge in [0.25, 0.3) is 5.91 Å². The first-order valence-corrected chi connectivity index (χ1v) is 7.13. The normalized spacial score (nSPS) is 10.7. The van der Waals surface area contributed by atoms with Crippen LogP contribution >= 0.6 is 22.7 Å². The van der Waals surface area contributed by atoms with Crippen LogP contribution in [0.15, 0.2) is 28.4 Å².